The summed E-state index contributed by atoms with van der Waals surface area (Å²) in [6.45, 7) is 4.31. The van der Waals surface area contributed by atoms with Gasteiger partial charge in [-0.3, -0.25) is 14.9 Å². The highest BCUT2D eigenvalue weighted by molar-refractivity contribution is 6.04. The number of nitrogens with zero attached hydrogens (tertiary/aromatic N) is 4. The molecule has 0 aliphatic heterocycles. The number of rotatable bonds is 7. The number of aromatic nitrogens is 3. The van der Waals surface area contributed by atoms with Crippen LogP contribution in [0.25, 0.3) is 17.1 Å². The van der Waals surface area contributed by atoms with Crippen molar-refractivity contribution in [3.63, 3.8) is 0 Å². The molecule has 9 nitrogen and oxygen atoms in total. The Bertz CT molecular complexity index is 1310. The van der Waals surface area contributed by atoms with Crippen molar-refractivity contribution < 1.29 is 14.5 Å². The van der Waals surface area contributed by atoms with Gasteiger partial charge in [0, 0.05) is 28.9 Å². The first-order valence-corrected chi connectivity index (χ1v) is 10.3. The van der Waals surface area contributed by atoms with Crippen LogP contribution in [0, 0.1) is 17.0 Å². The molecule has 0 aliphatic rings. The molecule has 0 saturated heterocycles. The number of carbonyl (C=O) groups excluding carboxylic acids is 1. The van der Waals surface area contributed by atoms with Crippen molar-refractivity contribution in [3.05, 3.63) is 94.0 Å². The molecule has 1 N–H and O–H groups in total. The smallest absolute Gasteiger partial charge is 0.336 e. The van der Waals surface area contributed by atoms with Crippen LogP contribution in [0.1, 0.15) is 22.8 Å². The SMILES string of the molecule is CCOc1nc(-c2ccccc2C)n(-c2ccc(NC(=O)c3cccc([N+](=O)[O-])c3)cc2)n1. The van der Waals surface area contributed by atoms with E-state index in [4.69, 9.17) is 4.74 Å². The van der Waals surface area contributed by atoms with Crippen LogP contribution < -0.4 is 10.1 Å². The van der Waals surface area contributed by atoms with Crippen molar-refractivity contribution >= 4 is 17.3 Å². The van der Waals surface area contributed by atoms with E-state index in [9.17, 15) is 14.9 Å². The summed E-state index contributed by atoms with van der Waals surface area (Å²) in [5.41, 5.74) is 3.32. The Labute approximate surface area is 189 Å². The third-order valence-corrected chi connectivity index (χ3v) is 4.94. The number of nitro benzene ring substituents is 1. The summed E-state index contributed by atoms with van der Waals surface area (Å²) in [5, 5.41) is 18.2. The molecule has 0 radical (unpaired) electrons. The van der Waals surface area contributed by atoms with Gasteiger partial charge in [0.2, 0.25) is 0 Å². The fourth-order valence-electron chi connectivity index (χ4n) is 3.31. The van der Waals surface area contributed by atoms with Gasteiger partial charge in [-0.1, -0.05) is 30.3 Å². The second-order valence-electron chi connectivity index (χ2n) is 7.19. The van der Waals surface area contributed by atoms with Crippen molar-refractivity contribution in [3.8, 4) is 23.1 Å². The molecule has 4 rings (SSSR count). The monoisotopic (exact) mass is 443 g/mol. The van der Waals surface area contributed by atoms with Crippen LogP contribution in [0.15, 0.2) is 72.8 Å². The number of hydrogen-bond donors (Lipinski definition) is 1. The molecule has 0 fully saturated rings. The number of nitrogens with one attached hydrogen (secondary N) is 1. The molecule has 1 heterocycles. The maximum Gasteiger partial charge on any atom is 0.336 e. The van der Waals surface area contributed by atoms with Crippen LogP contribution in [0.4, 0.5) is 11.4 Å². The van der Waals surface area contributed by atoms with E-state index < -0.39 is 10.8 Å². The summed E-state index contributed by atoms with van der Waals surface area (Å²) >= 11 is 0. The number of carbonyl (C=O) groups is 1. The van der Waals surface area contributed by atoms with Crippen LogP contribution in [0.2, 0.25) is 0 Å². The van der Waals surface area contributed by atoms with E-state index in [2.05, 4.69) is 15.4 Å². The molecule has 0 spiro atoms. The first kappa shape index (κ1) is 21.7. The lowest BCUT2D eigenvalue weighted by molar-refractivity contribution is -0.384. The van der Waals surface area contributed by atoms with Crippen LogP contribution in [-0.4, -0.2) is 32.2 Å². The number of hydrogen-bond acceptors (Lipinski definition) is 6. The van der Waals surface area contributed by atoms with Gasteiger partial charge >= 0.3 is 6.01 Å². The van der Waals surface area contributed by atoms with E-state index in [0.29, 0.717) is 18.1 Å². The summed E-state index contributed by atoms with van der Waals surface area (Å²) in [6, 6.07) is 20.8. The zero-order valence-electron chi connectivity index (χ0n) is 18.1. The predicted molar refractivity (Wildman–Crippen MR) is 124 cm³/mol. The van der Waals surface area contributed by atoms with Crippen molar-refractivity contribution in [1.29, 1.82) is 0 Å². The van der Waals surface area contributed by atoms with Gasteiger partial charge in [-0.15, -0.1) is 5.10 Å². The van der Waals surface area contributed by atoms with Gasteiger partial charge < -0.3 is 10.1 Å². The Morgan fingerprint density at radius 2 is 1.85 bits per heavy atom. The first-order valence-electron chi connectivity index (χ1n) is 10.3. The van der Waals surface area contributed by atoms with Crippen LogP contribution >= 0.6 is 0 Å². The number of amides is 1. The minimum absolute atomic E-state index is 0.141. The largest absolute Gasteiger partial charge is 0.463 e. The number of nitro groups is 1. The molecule has 0 unspecified atom stereocenters. The average Bonchev–Trinajstić information content (AvgIpc) is 3.24. The van der Waals surface area contributed by atoms with Crippen molar-refractivity contribution in [2.24, 2.45) is 0 Å². The lowest BCUT2D eigenvalue weighted by Gasteiger charge is -2.09. The summed E-state index contributed by atoms with van der Waals surface area (Å²) < 4.78 is 7.21. The fraction of sp³-hybridized carbons (Fsp3) is 0.125. The molecule has 4 aromatic rings. The van der Waals surface area contributed by atoms with Gasteiger partial charge in [-0.25, -0.2) is 4.68 Å². The summed E-state index contributed by atoms with van der Waals surface area (Å²) in [5.74, 6) is 0.205. The molecule has 1 aromatic heterocycles. The quantitative estimate of drug-likeness (QED) is 0.324. The van der Waals surface area contributed by atoms with Crippen molar-refractivity contribution in [1.82, 2.24) is 14.8 Å². The topological polar surface area (TPSA) is 112 Å². The Balaban J connectivity index is 1.61. The maximum atomic E-state index is 12.5. The van der Waals surface area contributed by atoms with Gasteiger partial charge in [-0.05, 0) is 49.7 Å². The van der Waals surface area contributed by atoms with Gasteiger partial charge in [0.25, 0.3) is 11.6 Å². The molecule has 1 amide bonds. The molecule has 9 heteroatoms. The molecule has 0 aliphatic carbocycles. The van der Waals surface area contributed by atoms with Gasteiger partial charge in [0.1, 0.15) is 0 Å². The Morgan fingerprint density at radius 3 is 2.55 bits per heavy atom. The van der Waals surface area contributed by atoms with Crippen molar-refractivity contribution in [2.45, 2.75) is 13.8 Å². The van der Waals surface area contributed by atoms with E-state index in [-0.39, 0.29) is 17.3 Å². The molecular weight excluding hydrogens is 422 g/mol. The van der Waals surface area contributed by atoms with Gasteiger partial charge in [-0.2, -0.15) is 4.98 Å². The highest BCUT2D eigenvalue weighted by Crippen LogP contribution is 2.27. The molecule has 33 heavy (non-hydrogen) atoms. The Hall–Kier alpha value is -4.53. The van der Waals surface area contributed by atoms with E-state index in [1.807, 2.05) is 38.1 Å². The van der Waals surface area contributed by atoms with E-state index in [0.717, 1.165) is 16.8 Å². The van der Waals surface area contributed by atoms with Crippen LogP contribution in [0.5, 0.6) is 6.01 Å². The Morgan fingerprint density at radius 1 is 1.09 bits per heavy atom. The number of benzene rings is 3. The van der Waals surface area contributed by atoms with Gasteiger partial charge in [0.15, 0.2) is 5.82 Å². The molecule has 0 atom stereocenters. The van der Waals surface area contributed by atoms with E-state index in [1.165, 1.54) is 24.3 Å². The molecular formula is C24H21N5O4. The number of ether oxygens (including phenoxy) is 1. The molecule has 0 saturated carbocycles. The lowest BCUT2D eigenvalue weighted by Crippen LogP contribution is -2.12. The minimum Gasteiger partial charge on any atom is -0.463 e. The summed E-state index contributed by atoms with van der Waals surface area (Å²) in [4.78, 5) is 27.5. The number of non-ortho nitro benzene ring substituents is 1. The third kappa shape index (κ3) is 4.72. The fourth-order valence-corrected chi connectivity index (χ4v) is 3.31. The number of aryl methyl sites for hydroxylation is 1. The lowest BCUT2D eigenvalue weighted by atomic mass is 10.1. The zero-order valence-corrected chi connectivity index (χ0v) is 18.1. The summed E-state index contributed by atoms with van der Waals surface area (Å²) in [6.07, 6.45) is 0. The molecule has 166 valence electrons. The summed E-state index contributed by atoms with van der Waals surface area (Å²) in [7, 11) is 0. The molecule has 3 aromatic carbocycles. The highest BCUT2D eigenvalue weighted by Gasteiger charge is 2.16. The van der Waals surface area contributed by atoms with E-state index >= 15 is 0 Å². The van der Waals surface area contributed by atoms with E-state index in [1.54, 1.807) is 28.9 Å². The number of anilines is 1. The normalized spacial score (nSPS) is 10.6. The second-order valence-corrected chi connectivity index (χ2v) is 7.19. The van der Waals surface area contributed by atoms with Crippen molar-refractivity contribution in [2.75, 3.05) is 11.9 Å². The standard InChI is InChI=1S/C24H21N5O4/c1-3-33-24-26-22(21-10-5-4-7-16(21)2)28(27-24)19-13-11-18(12-14-19)25-23(30)17-8-6-9-20(15-17)29(31)32/h4-15H,3H2,1-2H3,(H,25,30). The third-order valence-electron chi connectivity index (χ3n) is 4.94. The first-order chi connectivity index (χ1) is 16.0. The molecule has 0 bridgehead atoms. The predicted octanol–water partition coefficient (Wildman–Crippen LogP) is 4.80. The maximum absolute atomic E-state index is 12.5. The average molecular weight is 443 g/mol. The second kappa shape index (κ2) is 9.31. The van der Waals surface area contributed by atoms with Crippen LogP contribution in [0.3, 0.4) is 0 Å². The minimum atomic E-state index is -0.535. The highest BCUT2D eigenvalue weighted by atomic mass is 16.6. The van der Waals surface area contributed by atoms with Gasteiger partial charge in [0.05, 0.1) is 17.2 Å². The Kier molecular flexibility index (Phi) is 6.12. The zero-order chi connectivity index (χ0) is 23.4. The van der Waals surface area contributed by atoms with Crippen LogP contribution in [-0.2, 0) is 0 Å².